The van der Waals surface area contributed by atoms with Crippen molar-refractivity contribution < 1.29 is 14.4 Å². The Bertz CT molecular complexity index is 825. The molecular weight excluding hydrogens is 344 g/mol. The zero-order valence-electron chi connectivity index (χ0n) is 15.1. The van der Waals surface area contributed by atoms with Gasteiger partial charge in [-0.05, 0) is 61.4 Å². The lowest BCUT2D eigenvalue weighted by Crippen LogP contribution is -2.29. The quantitative estimate of drug-likeness (QED) is 0.726. The molecule has 2 aromatic rings. The lowest BCUT2D eigenvalue weighted by atomic mass is 10.2. The van der Waals surface area contributed by atoms with E-state index in [-0.39, 0.29) is 5.91 Å². The maximum atomic E-state index is 12.1. The highest BCUT2D eigenvalue weighted by Gasteiger charge is 2.15. The van der Waals surface area contributed by atoms with E-state index < -0.39 is 11.8 Å². The van der Waals surface area contributed by atoms with Gasteiger partial charge in [0.1, 0.15) is 0 Å². The van der Waals surface area contributed by atoms with E-state index in [9.17, 15) is 14.4 Å². The Kier molecular flexibility index (Phi) is 5.71. The average Bonchev–Trinajstić information content (AvgIpc) is 3.18. The largest absolute Gasteiger partial charge is 0.372 e. The Morgan fingerprint density at radius 2 is 1.11 bits per heavy atom. The van der Waals surface area contributed by atoms with Gasteiger partial charge in [-0.15, -0.1) is 0 Å². The average molecular weight is 366 g/mol. The van der Waals surface area contributed by atoms with Gasteiger partial charge >= 0.3 is 11.8 Å². The van der Waals surface area contributed by atoms with Crippen LogP contribution in [-0.4, -0.2) is 30.8 Å². The first-order valence-electron chi connectivity index (χ1n) is 8.86. The molecule has 27 heavy (non-hydrogen) atoms. The predicted octanol–water partition coefficient (Wildman–Crippen LogP) is 2.82. The number of carbonyl (C=O) groups is 3. The molecule has 0 unspecified atom stereocenters. The van der Waals surface area contributed by atoms with E-state index in [0.29, 0.717) is 17.1 Å². The van der Waals surface area contributed by atoms with Gasteiger partial charge in [-0.25, -0.2) is 0 Å². The first-order chi connectivity index (χ1) is 13.0. The second-order valence-corrected chi connectivity index (χ2v) is 6.41. The van der Waals surface area contributed by atoms with Crippen LogP contribution in [-0.2, 0) is 14.4 Å². The minimum atomic E-state index is -0.758. The Labute approximate surface area is 157 Å². The second-order valence-electron chi connectivity index (χ2n) is 6.41. The van der Waals surface area contributed by atoms with E-state index in [0.717, 1.165) is 18.8 Å². The third-order valence-corrected chi connectivity index (χ3v) is 4.27. The third-order valence-electron chi connectivity index (χ3n) is 4.27. The van der Waals surface area contributed by atoms with Crippen LogP contribution in [0.3, 0.4) is 0 Å². The van der Waals surface area contributed by atoms with E-state index in [1.165, 1.54) is 19.8 Å². The van der Waals surface area contributed by atoms with Gasteiger partial charge in [-0.2, -0.15) is 0 Å². The van der Waals surface area contributed by atoms with Crippen LogP contribution >= 0.6 is 0 Å². The maximum absolute atomic E-state index is 12.1. The molecule has 3 N–H and O–H groups in total. The van der Waals surface area contributed by atoms with Crippen molar-refractivity contribution in [3.63, 3.8) is 0 Å². The van der Waals surface area contributed by atoms with Gasteiger partial charge in [-0.3, -0.25) is 14.4 Å². The lowest BCUT2D eigenvalue weighted by molar-refractivity contribution is -0.132. The van der Waals surface area contributed by atoms with Crippen LogP contribution in [0.15, 0.2) is 48.5 Å². The molecule has 140 valence electrons. The molecule has 2 aromatic carbocycles. The molecule has 1 fully saturated rings. The molecule has 0 atom stereocenters. The van der Waals surface area contributed by atoms with E-state index in [1.807, 2.05) is 12.1 Å². The molecule has 3 rings (SSSR count). The summed E-state index contributed by atoms with van der Waals surface area (Å²) in [6.07, 6.45) is 2.40. The minimum Gasteiger partial charge on any atom is -0.372 e. The molecule has 0 aromatic heterocycles. The Morgan fingerprint density at radius 3 is 1.56 bits per heavy atom. The van der Waals surface area contributed by atoms with Gasteiger partial charge in [0.2, 0.25) is 5.91 Å². The highest BCUT2D eigenvalue weighted by Crippen LogP contribution is 2.22. The third kappa shape index (κ3) is 5.07. The molecule has 1 aliphatic heterocycles. The molecule has 1 saturated heterocycles. The fourth-order valence-electron chi connectivity index (χ4n) is 2.95. The van der Waals surface area contributed by atoms with Crippen LogP contribution in [0.5, 0.6) is 0 Å². The number of anilines is 4. The molecule has 0 saturated carbocycles. The molecule has 7 heteroatoms. The first-order valence-corrected chi connectivity index (χ1v) is 8.86. The van der Waals surface area contributed by atoms with Crippen molar-refractivity contribution in [2.75, 3.05) is 33.9 Å². The highest BCUT2D eigenvalue weighted by molar-refractivity contribution is 6.43. The van der Waals surface area contributed by atoms with Crippen molar-refractivity contribution in [2.24, 2.45) is 0 Å². The Balaban J connectivity index is 1.54. The zero-order valence-corrected chi connectivity index (χ0v) is 15.1. The number of amides is 3. The van der Waals surface area contributed by atoms with Gasteiger partial charge in [0.15, 0.2) is 0 Å². The molecular formula is C20H22N4O3. The molecule has 7 nitrogen and oxygen atoms in total. The standard InChI is InChI=1S/C20H22N4O3/c1-14(25)21-15-4-6-16(7-5-15)22-19(26)20(27)23-17-8-10-18(11-9-17)24-12-2-3-13-24/h4-11H,2-3,12-13H2,1H3,(H,21,25)(H,22,26)(H,23,27). The summed E-state index contributed by atoms with van der Waals surface area (Å²) in [7, 11) is 0. The molecule has 3 amide bonds. The predicted molar refractivity (Wildman–Crippen MR) is 106 cm³/mol. The Morgan fingerprint density at radius 1 is 0.704 bits per heavy atom. The zero-order chi connectivity index (χ0) is 19.2. The highest BCUT2D eigenvalue weighted by atomic mass is 16.2. The SMILES string of the molecule is CC(=O)Nc1ccc(NC(=O)C(=O)Nc2ccc(N3CCCC3)cc2)cc1. The van der Waals surface area contributed by atoms with E-state index >= 15 is 0 Å². The van der Waals surface area contributed by atoms with Gasteiger partial charge in [0, 0.05) is 42.8 Å². The summed E-state index contributed by atoms with van der Waals surface area (Å²) >= 11 is 0. The topological polar surface area (TPSA) is 90.5 Å². The summed E-state index contributed by atoms with van der Waals surface area (Å²) < 4.78 is 0. The summed E-state index contributed by atoms with van der Waals surface area (Å²) in [5, 5.41) is 7.75. The van der Waals surface area contributed by atoms with Crippen LogP contribution in [0.25, 0.3) is 0 Å². The van der Waals surface area contributed by atoms with Crippen molar-refractivity contribution in [2.45, 2.75) is 19.8 Å². The fraction of sp³-hybridized carbons (Fsp3) is 0.250. The number of benzene rings is 2. The van der Waals surface area contributed by atoms with Gasteiger partial charge in [-0.1, -0.05) is 0 Å². The maximum Gasteiger partial charge on any atom is 0.314 e. The summed E-state index contributed by atoms with van der Waals surface area (Å²) in [4.78, 5) is 37.4. The number of hydrogen-bond acceptors (Lipinski definition) is 4. The van der Waals surface area contributed by atoms with E-state index in [4.69, 9.17) is 0 Å². The number of rotatable bonds is 4. The van der Waals surface area contributed by atoms with Gasteiger partial charge in [0.05, 0.1) is 0 Å². The molecule has 1 aliphatic rings. The summed E-state index contributed by atoms with van der Waals surface area (Å²) in [5.74, 6) is -1.68. The number of nitrogens with zero attached hydrogens (tertiary/aromatic N) is 1. The number of nitrogens with one attached hydrogen (secondary N) is 3. The fourth-order valence-corrected chi connectivity index (χ4v) is 2.95. The smallest absolute Gasteiger partial charge is 0.314 e. The van der Waals surface area contributed by atoms with E-state index in [2.05, 4.69) is 20.9 Å². The molecule has 0 spiro atoms. The van der Waals surface area contributed by atoms with E-state index in [1.54, 1.807) is 36.4 Å². The van der Waals surface area contributed by atoms with Crippen molar-refractivity contribution in [1.29, 1.82) is 0 Å². The first kappa shape index (κ1) is 18.4. The molecule has 0 bridgehead atoms. The number of hydrogen-bond donors (Lipinski definition) is 3. The summed E-state index contributed by atoms with van der Waals surface area (Å²) in [6, 6.07) is 14.0. The summed E-state index contributed by atoms with van der Waals surface area (Å²) in [5.41, 5.74) is 2.77. The van der Waals surface area contributed by atoms with Crippen LogP contribution in [0, 0.1) is 0 Å². The lowest BCUT2D eigenvalue weighted by Gasteiger charge is -2.17. The van der Waals surface area contributed by atoms with Crippen LogP contribution in [0.1, 0.15) is 19.8 Å². The molecule has 0 aliphatic carbocycles. The normalized spacial score (nSPS) is 13.1. The van der Waals surface area contributed by atoms with Crippen LogP contribution in [0.4, 0.5) is 22.7 Å². The second kappa shape index (κ2) is 8.35. The monoisotopic (exact) mass is 366 g/mol. The number of carbonyl (C=O) groups excluding carboxylic acids is 3. The molecule has 0 radical (unpaired) electrons. The van der Waals surface area contributed by atoms with Gasteiger partial charge in [0.25, 0.3) is 0 Å². The minimum absolute atomic E-state index is 0.179. The van der Waals surface area contributed by atoms with Crippen LogP contribution < -0.4 is 20.9 Å². The van der Waals surface area contributed by atoms with Crippen LogP contribution in [0.2, 0.25) is 0 Å². The summed E-state index contributed by atoms with van der Waals surface area (Å²) in [6.45, 7) is 3.52. The van der Waals surface area contributed by atoms with Crippen molar-refractivity contribution in [3.8, 4) is 0 Å². The van der Waals surface area contributed by atoms with Gasteiger partial charge < -0.3 is 20.9 Å². The Hall–Kier alpha value is -3.35. The molecule has 1 heterocycles. The van der Waals surface area contributed by atoms with Crippen molar-refractivity contribution in [3.05, 3.63) is 48.5 Å². The van der Waals surface area contributed by atoms with Crippen molar-refractivity contribution >= 4 is 40.5 Å². The van der Waals surface area contributed by atoms with Crippen molar-refractivity contribution in [1.82, 2.24) is 0 Å².